The molecule has 2 aliphatic heterocycles. The second-order valence-corrected chi connectivity index (χ2v) is 6.28. The maximum atomic E-state index is 8.02. The third kappa shape index (κ3) is 2.21. The van der Waals surface area contributed by atoms with Crippen LogP contribution in [0.3, 0.4) is 0 Å². The average Bonchev–Trinajstić information content (AvgIpc) is 2.90. The van der Waals surface area contributed by atoms with Gasteiger partial charge in [0.2, 0.25) is 0 Å². The lowest BCUT2D eigenvalue weighted by Gasteiger charge is -2.07. The van der Waals surface area contributed by atoms with E-state index in [4.69, 9.17) is 34.6 Å². The number of rotatable bonds is 2. The highest BCUT2D eigenvalue weighted by Crippen LogP contribution is 2.36. The second-order valence-electron chi connectivity index (χ2n) is 4.19. The summed E-state index contributed by atoms with van der Waals surface area (Å²) in [5.74, 6) is 1.15. The van der Waals surface area contributed by atoms with Crippen molar-refractivity contribution in [3.05, 3.63) is 34.2 Å². The van der Waals surface area contributed by atoms with Gasteiger partial charge in [-0.2, -0.15) is 0 Å². The molecule has 0 radical (unpaired) electrons. The highest BCUT2D eigenvalue weighted by molar-refractivity contribution is 8.27. The van der Waals surface area contributed by atoms with Crippen molar-refractivity contribution in [2.24, 2.45) is 0 Å². The van der Waals surface area contributed by atoms with Gasteiger partial charge in [0.15, 0.2) is 0 Å². The average molecular weight is 321 g/mol. The van der Waals surface area contributed by atoms with Crippen LogP contribution in [0.5, 0.6) is 5.75 Å². The van der Waals surface area contributed by atoms with E-state index in [1.54, 1.807) is 0 Å². The standard InChI is InChI=1S/C13H11N3OS3/c1-2-17-6-3-4-7-8(5-6)9(15-11(7)14)10-12(18)16-13(19)20-10/h3-5H,2H2,1H3,(H2,14,15)(H,16,18,19). The van der Waals surface area contributed by atoms with Crippen molar-refractivity contribution in [2.45, 2.75) is 6.92 Å². The smallest absolute Gasteiger partial charge is 0.143 e. The zero-order chi connectivity index (χ0) is 14.3. The lowest BCUT2D eigenvalue weighted by atomic mass is 10.1. The molecule has 3 N–H and O–H groups in total. The predicted octanol–water partition coefficient (Wildman–Crippen LogP) is 2.63. The largest absolute Gasteiger partial charge is 0.494 e. The topological polar surface area (TPSA) is 57.1 Å². The fourth-order valence-corrected chi connectivity index (χ4v) is 3.68. The van der Waals surface area contributed by atoms with E-state index in [0.29, 0.717) is 21.8 Å². The van der Waals surface area contributed by atoms with Crippen molar-refractivity contribution in [1.82, 2.24) is 10.6 Å². The molecule has 0 aliphatic carbocycles. The Bertz CT molecular complexity index is 681. The van der Waals surface area contributed by atoms with E-state index in [9.17, 15) is 0 Å². The summed E-state index contributed by atoms with van der Waals surface area (Å²) in [7, 11) is 0. The van der Waals surface area contributed by atoms with Crippen molar-refractivity contribution >= 4 is 57.0 Å². The van der Waals surface area contributed by atoms with E-state index in [-0.39, 0.29) is 0 Å². The summed E-state index contributed by atoms with van der Waals surface area (Å²) in [6, 6.07) is 5.69. The van der Waals surface area contributed by atoms with Crippen LogP contribution in [0.15, 0.2) is 23.1 Å². The van der Waals surface area contributed by atoms with Gasteiger partial charge in [-0.1, -0.05) is 36.2 Å². The maximum Gasteiger partial charge on any atom is 0.143 e. The number of hydrogen-bond acceptors (Lipinski definition) is 5. The number of benzene rings is 1. The molecule has 4 nitrogen and oxygen atoms in total. The highest BCUT2D eigenvalue weighted by atomic mass is 32.2. The molecule has 1 fully saturated rings. The number of thiocarbonyl (C=S) groups is 2. The Labute approximate surface area is 131 Å². The molecule has 0 unspecified atom stereocenters. The van der Waals surface area contributed by atoms with Crippen LogP contribution in [0.4, 0.5) is 0 Å². The Morgan fingerprint density at radius 1 is 1.25 bits per heavy atom. The van der Waals surface area contributed by atoms with Gasteiger partial charge in [0.1, 0.15) is 20.9 Å². The van der Waals surface area contributed by atoms with E-state index >= 15 is 0 Å². The molecule has 7 heteroatoms. The molecule has 0 amide bonds. The van der Waals surface area contributed by atoms with Gasteiger partial charge in [-0.15, -0.1) is 0 Å². The van der Waals surface area contributed by atoms with Gasteiger partial charge in [-0.25, -0.2) is 0 Å². The molecular weight excluding hydrogens is 310 g/mol. The molecule has 0 saturated carbocycles. The summed E-state index contributed by atoms with van der Waals surface area (Å²) < 4.78 is 6.16. The first-order chi connectivity index (χ1) is 9.60. The minimum atomic E-state index is 0.367. The molecule has 2 heterocycles. The van der Waals surface area contributed by atoms with Crippen molar-refractivity contribution < 1.29 is 4.74 Å². The number of hydrogen-bond donors (Lipinski definition) is 3. The normalized spacial score (nSPS) is 20.8. The molecule has 102 valence electrons. The molecule has 3 rings (SSSR count). The molecule has 0 bridgehead atoms. The van der Waals surface area contributed by atoms with Crippen molar-refractivity contribution in [2.75, 3.05) is 6.61 Å². The van der Waals surface area contributed by atoms with Gasteiger partial charge in [0, 0.05) is 11.1 Å². The van der Waals surface area contributed by atoms with Crippen LogP contribution in [0.25, 0.3) is 5.70 Å². The quantitative estimate of drug-likeness (QED) is 0.575. The van der Waals surface area contributed by atoms with Crippen LogP contribution in [0, 0.1) is 5.41 Å². The number of nitrogens with one attached hydrogen (secondary N) is 3. The van der Waals surface area contributed by atoms with Crippen molar-refractivity contribution in [3.63, 3.8) is 0 Å². The number of amidine groups is 1. The predicted molar refractivity (Wildman–Crippen MR) is 90.4 cm³/mol. The van der Waals surface area contributed by atoms with Gasteiger partial charge in [0.05, 0.1) is 17.2 Å². The fraction of sp³-hybridized carbons (Fsp3) is 0.154. The van der Waals surface area contributed by atoms with E-state index in [1.807, 2.05) is 25.1 Å². The summed E-state index contributed by atoms with van der Waals surface area (Å²) in [5.41, 5.74) is 2.60. The molecule has 1 aromatic rings. The van der Waals surface area contributed by atoms with E-state index in [1.165, 1.54) is 11.8 Å². The summed E-state index contributed by atoms with van der Waals surface area (Å²) in [6.07, 6.45) is 0. The van der Waals surface area contributed by atoms with Gasteiger partial charge in [-0.3, -0.25) is 5.41 Å². The molecule has 20 heavy (non-hydrogen) atoms. The second kappa shape index (κ2) is 5.16. The van der Waals surface area contributed by atoms with Gasteiger partial charge < -0.3 is 15.4 Å². The van der Waals surface area contributed by atoms with Crippen molar-refractivity contribution in [3.8, 4) is 5.75 Å². The first-order valence-corrected chi connectivity index (χ1v) is 7.64. The van der Waals surface area contributed by atoms with Crippen LogP contribution < -0.4 is 15.4 Å². The lowest BCUT2D eigenvalue weighted by Crippen LogP contribution is -2.18. The van der Waals surface area contributed by atoms with Gasteiger partial charge in [0.25, 0.3) is 0 Å². The van der Waals surface area contributed by atoms with E-state index in [0.717, 1.165) is 27.5 Å². The lowest BCUT2D eigenvalue weighted by molar-refractivity contribution is 0.340. The third-order valence-corrected chi connectivity index (χ3v) is 4.62. The Morgan fingerprint density at radius 2 is 2.05 bits per heavy atom. The molecular formula is C13H11N3OS3. The van der Waals surface area contributed by atoms with Gasteiger partial charge in [-0.05, 0) is 25.1 Å². The summed E-state index contributed by atoms with van der Waals surface area (Å²) in [5, 5.41) is 14.1. The van der Waals surface area contributed by atoms with Crippen LogP contribution in [-0.4, -0.2) is 21.8 Å². The maximum absolute atomic E-state index is 8.02. The minimum Gasteiger partial charge on any atom is -0.494 e. The summed E-state index contributed by atoms with van der Waals surface area (Å²) >= 11 is 11.8. The molecule has 0 spiro atoms. The van der Waals surface area contributed by atoms with E-state index < -0.39 is 0 Å². The van der Waals surface area contributed by atoms with Crippen LogP contribution in [-0.2, 0) is 0 Å². The molecule has 2 aliphatic rings. The third-order valence-electron chi connectivity index (χ3n) is 2.93. The van der Waals surface area contributed by atoms with Crippen LogP contribution in [0.1, 0.15) is 18.1 Å². The van der Waals surface area contributed by atoms with Gasteiger partial charge >= 0.3 is 0 Å². The van der Waals surface area contributed by atoms with E-state index in [2.05, 4.69) is 10.6 Å². The number of ether oxygens (including phenoxy) is 1. The SMILES string of the molecule is CCOc1ccc2c(c1)C(=C1SC(=S)NC1=S)NC2=N. The summed E-state index contributed by atoms with van der Waals surface area (Å²) in [6.45, 7) is 2.55. The Balaban J connectivity index is 2.12. The first kappa shape index (κ1) is 13.5. The number of thioether (sulfide) groups is 1. The highest BCUT2D eigenvalue weighted by Gasteiger charge is 2.30. The van der Waals surface area contributed by atoms with Crippen LogP contribution in [0.2, 0.25) is 0 Å². The minimum absolute atomic E-state index is 0.367. The first-order valence-electron chi connectivity index (χ1n) is 6.00. The Morgan fingerprint density at radius 3 is 2.70 bits per heavy atom. The monoisotopic (exact) mass is 321 g/mol. The molecule has 0 atom stereocenters. The van der Waals surface area contributed by atoms with Crippen LogP contribution >= 0.6 is 36.2 Å². The molecule has 1 aromatic carbocycles. The Hall–Kier alpha value is -1.44. The molecule has 1 saturated heterocycles. The zero-order valence-corrected chi connectivity index (χ0v) is 13.0. The summed E-state index contributed by atoms with van der Waals surface area (Å²) in [4.78, 5) is 1.46. The zero-order valence-electron chi connectivity index (χ0n) is 10.6. The Kier molecular flexibility index (Phi) is 3.49. The number of fused-ring (bicyclic) bond motifs is 1. The fourth-order valence-electron chi connectivity index (χ4n) is 2.12. The molecule has 0 aromatic heterocycles. The van der Waals surface area contributed by atoms with Crippen molar-refractivity contribution in [1.29, 1.82) is 5.41 Å².